The second-order valence-electron chi connectivity index (χ2n) is 10.4. The van der Waals surface area contributed by atoms with Crippen LogP contribution in [0.15, 0.2) is 58.9 Å². The van der Waals surface area contributed by atoms with Crippen LogP contribution in [-0.4, -0.2) is 42.1 Å². The molecule has 0 saturated heterocycles. The van der Waals surface area contributed by atoms with Gasteiger partial charge in [0.05, 0.1) is 10.2 Å². The van der Waals surface area contributed by atoms with Gasteiger partial charge in [-0.25, -0.2) is 0 Å². The molecule has 0 aromatic heterocycles. The Labute approximate surface area is 249 Å². The topological polar surface area (TPSA) is 84.9 Å². The molecule has 2 aromatic carbocycles. The first-order chi connectivity index (χ1) is 19.3. The summed E-state index contributed by atoms with van der Waals surface area (Å²) >= 11 is 2.19. The molecule has 0 spiro atoms. The Morgan fingerprint density at radius 1 is 0.975 bits per heavy atom. The van der Waals surface area contributed by atoms with Gasteiger partial charge in [0.15, 0.2) is 29.7 Å². The van der Waals surface area contributed by atoms with Crippen LogP contribution in [0, 0.1) is 10.5 Å². The van der Waals surface area contributed by atoms with Crippen LogP contribution >= 0.6 is 22.6 Å². The zero-order valence-corrected chi connectivity index (χ0v) is 25.4. The zero-order chi connectivity index (χ0) is 28.4. The average molecular weight is 655 g/mol. The fourth-order valence-corrected chi connectivity index (χ4v) is 6.93. The number of aryl methyl sites for hydroxylation is 1. The molecular formula is C32H35IN2O5. The van der Waals surface area contributed by atoms with Crippen molar-refractivity contribution in [2.24, 2.45) is 0 Å². The maximum atomic E-state index is 13.4. The summed E-state index contributed by atoms with van der Waals surface area (Å²) in [6.07, 6.45) is 4.33. The van der Waals surface area contributed by atoms with Crippen molar-refractivity contribution in [3.63, 3.8) is 0 Å². The molecule has 40 heavy (non-hydrogen) atoms. The van der Waals surface area contributed by atoms with Crippen molar-refractivity contribution in [3.8, 4) is 11.5 Å². The number of anilines is 1. The summed E-state index contributed by atoms with van der Waals surface area (Å²) < 4.78 is 12.8. The highest BCUT2D eigenvalue weighted by Crippen LogP contribution is 2.50. The number of carbonyl (C=O) groups is 3. The lowest BCUT2D eigenvalue weighted by molar-refractivity contribution is -0.118. The van der Waals surface area contributed by atoms with Crippen LogP contribution in [0.2, 0.25) is 0 Å². The highest BCUT2D eigenvalue weighted by Gasteiger charge is 2.43. The summed E-state index contributed by atoms with van der Waals surface area (Å²) in [5.74, 6) is 0.530. The van der Waals surface area contributed by atoms with Gasteiger partial charge in [0.25, 0.3) is 5.91 Å². The molecule has 210 valence electrons. The molecule has 7 nitrogen and oxygen atoms in total. The van der Waals surface area contributed by atoms with Gasteiger partial charge in [-0.05, 0) is 104 Å². The molecule has 2 aliphatic carbocycles. The highest BCUT2D eigenvalue weighted by atomic mass is 127. The number of nitrogens with one attached hydrogen (secondary N) is 1. The minimum absolute atomic E-state index is 0.121. The second kappa shape index (κ2) is 12.2. The van der Waals surface area contributed by atoms with Crippen LogP contribution in [-0.2, 0) is 14.4 Å². The first-order valence-electron chi connectivity index (χ1n) is 14.1. The molecule has 1 aliphatic heterocycles. The lowest BCUT2D eigenvalue weighted by Gasteiger charge is -2.43. The van der Waals surface area contributed by atoms with E-state index < -0.39 is 5.92 Å². The van der Waals surface area contributed by atoms with E-state index in [0.717, 1.165) is 69.5 Å². The average Bonchev–Trinajstić information content (AvgIpc) is 2.92. The lowest BCUT2D eigenvalue weighted by Crippen LogP contribution is -2.39. The van der Waals surface area contributed by atoms with E-state index in [1.165, 1.54) is 0 Å². The third-order valence-electron chi connectivity index (χ3n) is 7.72. The van der Waals surface area contributed by atoms with Gasteiger partial charge >= 0.3 is 0 Å². The van der Waals surface area contributed by atoms with Gasteiger partial charge in [-0.2, -0.15) is 0 Å². The largest absolute Gasteiger partial charge is 0.490 e. The molecule has 5 rings (SSSR count). The van der Waals surface area contributed by atoms with E-state index in [0.29, 0.717) is 36.6 Å². The number of benzene rings is 2. The van der Waals surface area contributed by atoms with E-state index in [1.807, 2.05) is 50.2 Å². The van der Waals surface area contributed by atoms with Crippen LogP contribution in [0.1, 0.15) is 69.4 Å². The molecular weight excluding hydrogens is 619 g/mol. The number of carbonyl (C=O) groups excluding carboxylic acids is 3. The van der Waals surface area contributed by atoms with Crippen LogP contribution < -0.4 is 14.8 Å². The van der Waals surface area contributed by atoms with Gasteiger partial charge in [-0.15, -0.1) is 0 Å². The van der Waals surface area contributed by atoms with E-state index in [9.17, 15) is 14.4 Å². The van der Waals surface area contributed by atoms with Crippen molar-refractivity contribution >= 4 is 45.8 Å². The number of amides is 1. The summed E-state index contributed by atoms with van der Waals surface area (Å²) in [5, 5.41) is 2.87. The Hall–Kier alpha value is -3.14. The number of Topliss-reactive ketones (excluding diaryl/α,β-unsaturated/α-hetero) is 2. The normalized spacial score (nSPS) is 17.6. The summed E-state index contributed by atoms with van der Waals surface area (Å²) in [7, 11) is 0. The summed E-state index contributed by atoms with van der Waals surface area (Å²) in [4.78, 5) is 41.8. The number of rotatable bonds is 8. The molecule has 0 radical (unpaired) electrons. The number of hydrogen-bond acceptors (Lipinski definition) is 6. The monoisotopic (exact) mass is 654 g/mol. The molecule has 1 N–H and O–H groups in total. The van der Waals surface area contributed by atoms with Crippen molar-refractivity contribution in [3.05, 3.63) is 73.6 Å². The number of ketones is 2. The van der Waals surface area contributed by atoms with Gasteiger partial charge < -0.3 is 19.7 Å². The van der Waals surface area contributed by atoms with E-state index >= 15 is 0 Å². The number of hydrogen-bond donors (Lipinski definition) is 1. The number of allylic oxidation sites excluding steroid dienone is 4. The fraction of sp³-hybridized carbons (Fsp3) is 0.406. The lowest BCUT2D eigenvalue weighted by atomic mass is 9.71. The molecule has 3 aliphatic rings. The minimum Gasteiger partial charge on any atom is -0.490 e. The van der Waals surface area contributed by atoms with Crippen LogP contribution in [0.25, 0.3) is 0 Å². The minimum atomic E-state index is -0.417. The molecule has 2 aromatic rings. The number of ether oxygens (including phenoxy) is 2. The molecule has 0 bridgehead atoms. The SMILES string of the molecule is CCOc1cc(C2C3=C(CCCC3=O)N(CC)C3=C2C(=O)CCC3)cc(I)c1OCC(=O)Nc1cccc(C)c1. The highest BCUT2D eigenvalue weighted by molar-refractivity contribution is 14.1. The van der Waals surface area contributed by atoms with E-state index in [-0.39, 0.29) is 24.1 Å². The van der Waals surface area contributed by atoms with E-state index in [1.54, 1.807) is 0 Å². The van der Waals surface area contributed by atoms with E-state index in [2.05, 4.69) is 39.7 Å². The maximum Gasteiger partial charge on any atom is 0.262 e. The maximum absolute atomic E-state index is 13.4. The van der Waals surface area contributed by atoms with E-state index in [4.69, 9.17) is 9.47 Å². The van der Waals surface area contributed by atoms with Crippen LogP contribution in [0.3, 0.4) is 0 Å². The quantitative estimate of drug-likeness (QED) is 0.330. The van der Waals surface area contributed by atoms with Crippen molar-refractivity contribution in [1.29, 1.82) is 0 Å². The third-order valence-corrected chi connectivity index (χ3v) is 8.52. The predicted molar refractivity (Wildman–Crippen MR) is 163 cm³/mol. The van der Waals surface area contributed by atoms with Crippen molar-refractivity contribution in [2.75, 3.05) is 25.1 Å². The second-order valence-corrected chi connectivity index (χ2v) is 11.6. The Morgan fingerprint density at radius 3 is 2.25 bits per heavy atom. The Bertz CT molecular complexity index is 1380. The Morgan fingerprint density at radius 2 is 1.65 bits per heavy atom. The van der Waals surface area contributed by atoms with Gasteiger partial charge in [-0.1, -0.05) is 12.1 Å². The van der Waals surface area contributed by atoms with Gasteiger partial charge in [-0.3, -0.25) is 14.4 Å². The Balaban J connectivity index is 1.51. The fourth-order valence-electron chi connectivity index (χ4n) is 6.15. The molecule has 0 unspecified atom stereocenters. The molecule has 0 atom stereocenters. The molecule has 0 fully saturated rings. The molecule has 1 amide bonds. The first-order valence-corrected chi connectivity index (χ1v) is 15.2. The first kappa shape index (κ1) is 28.4. The van der Waals surface area contributed by atoms with Crippen molar-refractivity contribution in [1.82, 2.24) is 4.90 Å². The van der Waals surface area contributed by atoms with Gasteiger partial charge in [0.2, 0.25) is 0 Å². The Kier molecular flexibility index (Phi) is 8.63. The van der Waals surface area contributed by atoms with Gasteiger partial charge in [0.1, 0.15) is 0 Å². The molecule has 1 heterocycles. The third kappa shape index (κ3) is 5.55. The van der Waals surface area contributed by atoms with Crippen molar-refractivity contribution in [2.45, 2.75) is 65.2 Å². The molecule has 8 heteroatoms. The summed E-state index contributed by atoms with van der Waals surface area (Å²) in [5.41, 5.74) is 6.27. The summed E-state index contributed by atoms with van der Waals surface area (Å²) in [6, 6.07) is 11.5. The van der Waals surface area contributed by atoms with Crippen molar-refractivity contribution < 1.29 is 23.9 Å². The van der Waals surface area contributed by atoms with Crippen LogP contribution in [0.4, 0.5) is 5.69 Å². The summed E-state index contributed by atoms with van der Waals surface area (Å²) in [6.45, 7) is 6.91. The predicted octanol–water partition coefficient (Wildman–Crippen LogP) is 6.45. The standard InChI is InChI=1S/C32H35IN2O5/c1-4-35-23-11-7-13-25(36)30(23)29(31-24(35)12-8-14-26(31)37)20-16-22(33)32(27(17-20)39-5-2)40-18-28(38)34-21-10-6-9-19(3)15-21/h6,9-10,15-17,29H,4-5,7-8,11-14,18H2,1-3H3,(H,34,38). The number of nitrogens with zero attached hydrogens (tertiary/aromatic N) is 1. The molecule has 0 saturated carbocycles. The smallest absolute Gasteiger partial charge is 0.262 e. The van der Waals surface area contributed by atoms with Gasteiger partial charge in [0, 0.05) is 53.5 Å². The number of halogens is 1. The van der Waals surface area contributed by atoms with Crippen LogP contribution in [0.5, 0.6) is 11.5 Å². The zero-order valence-electron chi connectivity index (χ0n) is 23.3.